The Morgan fingerprint density at radius 1 is 1.03 bits per heavy atom. The summed E-state index contributed by atoms with van der Waals surface area (Å²) in [5.41, 5.74) is 2.00. The smallest absolute Gasteiger partial charge is 0.330 e. The van der Waals surface area contributed by atoms with Crippen molar-refractivity contribution in [2.45, 2.75) is 20.0 Å². The molecule has 0 fully saturated rings. The zero-order valence-corrected chi connectivity index (χ0v) is 17.0. The molecule has 0 atom stereocenters. The van der Waals surface area contributed by atoms with E-state index in [-0.39, 0.29) is 12.8 Å². The lowest BCUT2D eigenvalue weighted by atomic mass is 10.1. The molecule has 2 aromatic rings. The third-order valence-corrected chi connectivity index (χ3v) is 3.89. The molecule has 0 N–H and O–H groups in total. The molecular weight excluding hydrogens is 372 g/mol. The number of hydrogen-bond donors (Lipinski definition) is 0. The molecule has 0 radical (unpaired) electrons. The average Bonchev–Trinajstić information content (AvgIpc) is 2.74. The van der Waals surface area contributed by atoms with Crippen molar-refractivity contribution in [3.63, 3.8) is 0 Å². The summed E-state index contributed by atoms with van der Waals surface area (Å²) in [6.07, 6.45) is 3.73. The van der Waals surface area contributed by atoms with E-state index in [0.717, 1.165) is 11.1 Å². The number of allylic oxidation sites excluding steroid dienone is 1. The van der Waals surface area contributed by atoms with Gasteiger partial charge in [0.15, 0.2) is 6.79 Å². The molecule has 6 nitrogen and oxygen atoms in total. The topological polar surface area (TPSA) is 63.2 Å². The number of esters is 1. The summed E-state index contributed by atoms with van der Waals surface area (Å²) in [5, 5.41) is 0. The van der Waals surface area contributed by atoms with Crippen molar-refractivity contribution < 1.29 is 28.5 Å². The molecule has 0 saturated heterocycles. The molecule has 0 aromatic heterocycles. The summed E-state index contributed by atoms with van der Waals surface area (Å²) >= 11 is 0. The SMILES string of the molecule is CCOC(=O)C=CCc1ccc(OCOCCOC)cc1OCc1ccccc1. The molecule has 0 unspecified atom stereocenters. The normalized spacial score (nSPS) is 10.8. The summed E-state index contributed by atoms with van der Waals surface area (Å²) < 4.78 is 26.8. The lowest BCUT2D eigenvalue weighted by molar-refractivity contribution is -0.137. The highest BCUT2D eigenvalue weighted by molar-refractivity contribution is 5.81. The monoisotopic (exact) mass is 400 g/mol. The Morgan fingerprint density at radius 3 is 2.62 bits per heavy atom. The van der Waals surface area contributed by atoms with E-state index in [0.29, 0.717) is 44.3 Å². The van der Waals surface area contributed by atoms with Crippen LogP contribution >= 0.6 is 0 Å². The van der Waals surface area contributed by atoms with Gasteiger partial charge in [-0.2, -0.15) is 0 Å². The Bertz CT molecular complexity index is 757. The zero-order valence-electron chi connectivity index (χ0n) is 17.0. The number of carbonyl (C=O) groups excluding carboxylic acids is 1. The van der Waals surface area contributed by atoms with Crippen LogP contribution in [0.4, 0.5) is 0 Å². The van der Waals surface area contributed by atoms with Gasteiger partial charge in [0, 0.05) is 19.3 Å². The number of rotatable bonds is 13. The molecule has 0 spiro atoms. The van der Waals surface area contributed by atoms with Gasteiger partial charge in [0.25, 0.3) is 0 Å². The zero-order chi connectivity index (χ0) is 20.7. The van der Waals surface area contributed by atoms with Crippen LogP contribution in [0.3, 0.4) is 0 Å². The van der Waals surface area contributed by atoms with Crippen molar-refractivity contribution >= 4 is 5.97 Å². The first-order valence-corrected chi connectivity index (χ1v) is 9.55. The summed E-state index contributed by atoms with van der Waals surface area (Å²) in [7, 11) is 1.62. The second-order valence-electron chi connectivity index (χ2n) is 6.07. The first kappa shape index (κ1) is 22.5. The van der Waals surface area contributed by atoms with Crippen LogP contribution in [0, 0.1) is 0 Å². The third-order valence-electron chi connectivity index (χ3n) is 3.89. The van der Waals surface area contributed by atoms with Crippen molar-refractivity contribution in [2.75, 3.05) is 33.7 Å². The van der Waals surface area contributed by atoms with E-state index in [1.54, 1.807) is 20.1 Å². The van der Waals surface area contributed by atoms with Crippen molar-refractivity contribution in [1.82, 2.24) is 0 Å². The standard InChI is InChI=1S/C23H28O6/c1-3-27-23(24)11-7-10-20-12-13-21(29-18-26-15-14-25-2)16-22(20)28-17-19-8-5-4-6-9-19/h4-9,11-13,16H,3,10,14-15,17-18H2,1-2H3. The fourth-order valence-electron chi connectivity index (χ4n) is 2.45. The number of ether oxygens (including phenoxy) is 5. The number of carbonyl (C=O) groups is 1. The number of benzene rings is 2. The van der Waals surface area contributed by atoms with Gasteiger partial charge in [-0.05, 0) is 30.5 Å². The average molecular weight is 400 g/mol. The van der Waals surface area contributed by atoms with Gasteiger partial charge < -0.3 is 23.7 Å². The second-order valence-corrected chi connectivity index (χ2v) is 6.07. The fraction of sp³-hybridized carbons (Fsp3) is 0.348. The minimum Gasteiger partial charge on any atom is -0.488 e. The van der Waals surface area contributed by atoms with Crippen LogP contribution in [0.1, 0.15) is 18.1 Å². The number of hydrogen-bond acceptors (Lipinski definition) is 6. The molecule has 29 heavy (non-hydrogen) atoms. The Morgan fingerprint density at radius 2 is 1.86 bits per heavy atom. The van der Waals surface area contributed by atoms with Gasteiger partial charge in [0.05, 0.1) is 19.8 Å². The van der Waals surface area contributed by atoms with Crippen LogP contribution in [0.15, 0.2) is 60.7 Å². The molecule has 0 saturated carbocycles. The van der Waals surface area contributed by atoms with Gasteiger partial charge in [-0.3, -0.25) is 0 Å². The van der Waals surface area contributed by atoms with E-state index in [9.17, 15) is 4.79 Å². The molecule has 0 aliphatic rings. The lowest BCUT2D eigenvalue weighted by Gasteiger charge is -2.13. The van der Waals surface area contributed by atoms with E-state index >= 15 is 0 Å². The predicted octanol–water partition coefficient (Wildman–Crippen LogP) is 3.93. The maximum Gasteiger partial charge on any atom is 0.330 e. The minimum atomic E-state index is -0.354. The van der Waals surface area contributed by atoms with Crippen LogP contribution < -0.4 is 9.47 Å². The highest BCUT2D eigenvalue weighted by Crippen LogP contribution is 2.27. The van der Waals surface area contributed by atoms with Gasteiger partial charge >= 0.3 is 5.97 Å². The van der Waals surface area contributed by atoms with E-state index in [1.165, 1.54) is 6.08 Å². The van der Waals surface area contributed by atoms with Gasteiger partial charge in [-0.15, -0.1) is 0 Å². The molecule has 6 heteroatoms. The Balaban J connectivity index is 2.03. The van der Waals surface area contributed by atoms with Crippen LogP contribution in [0.2, 0.25) is 0 Å². The molecule has 0 bridgehead atoms. The number of methoxy groups -OCH3 is 1. The Kier molecular flexibility index (Phi) is 10.3. The maximum absolute atomic E-state index is 11.5. The predicted molar refractivity (Wildman–Crippen MR) is 110 cm³/mol. The summed E-state index contributed by atoms with van der Waals surface area (Å²) in [4.78, 5) is 11.5. The van der Waals surface area contributed by atoms with Crippen molar-refractivity contribution in [3.05, 3.63) is 71.8 Å². The van der Waals surface area contributed by atoms with Crippen LogP contribution in [-0.2, 0) is 32.0 Å². The molecule has 0 heterocycles. The van der Waals surface area contributed by atoms with Crippen LogP contribution in [0.5, 0.6) is 11.5 Å². The third kappa shape index (κ3) is 8.81. The fourth-order valence-corrected chi connectivity index (χ4v) is 2.45. The second kappa shape index (κ2) is 13.4. The van der Waals surface area contributed by atoms with Gasteiger partial charge in [0.1, 0.15) is 18.1 Å². The highest BCUT2D eigenvalue weighted by Gasteiger charge is 2.07. The summed E-state index contributed by atoms with van der Waals surface area (Å²) in [6, 6.07) is 15.5. The minimum absolute atomic E-state index is 0.129. The van der Waals surface area contributed by atoms with E-state index in [4.69, 9.17) is 23.7 Å². The van der Waals surface area contributed by atoms with Crippen molar-refractivity contribution in [1.29, 1.82) is 0 Å². The lowest BCUT2D eigenvalue weighted by Crippen LogP contribution is -2.08. The Hall–Kier alpha value is -2.83. The Labute approximate surface area is 172 Å². The van der Waals surface area contributed by atoms with Gasteiger partial charge in [-0.25, -0.2) is 4.79 Å². The summed E-state index contributed by atoms with van der Waals surface area (Å²) in [6.45, 7) is 3.67. The molecule has 156 valence electrons. The van der Waals surface area contributed by atoms with Crippen molar-refractivity contribution in [2.24, 2.45) is 0 Å². The highest BCUT2D eigenvalue weighted by atomic mass is 16.7. The molecular formula is C23H28O6. The maximum atomic E-state index is 11.5. The summed E-state index contributed by atoms with van der Waals surface area (Å²) in [5.74, 6) is 0.979. The van der Waals surface area contributed by atoms with E-state index < -0.39 is 0 Å². The van der Waals surface area contributed by atoms with Gasteiger partial charge in [0.2, 0.25) is 0 Å². The van der Waals surface area contributed by atoms with E-state index in [1.807, 2.05) is 48.5 Å². The molecule has 0 amide bonds. The van der Waals surface area contributed by atoms with E-state index in [2.05, 4.69) is 0 Å². The molecule has 2 aromatic carbocycles. The van der Waals surface area contributed by atoms with Crippen LogP contribution in [-0.4, -0.2) is 39.7 Å². The van der Waals surface area contributed by atoms with Crippen molar-refractivity contribution in [3.8, 4) is 11.5 Å². The first-order chi connectivity index (χ1) is 14.2. The van der Waals surface area contributed by atoms with Crippen LogP contribution in [0.25, 0.3) is 0 Å². The quantitative estimate of drug-likeness (QED) is 0.220. The molecule has 0 aliphatic heterocycles. The largest absolute Gasteiger partial charge is 0.488 e. The molecule has 0 aliphatic carbocycles. The van der Waals surface area contributed by atoms with Gasteiger partial charge in [-0.1, -0.05) is 42.5 Å². The first-order valence-electron chi connectivity index (χ1n) is 9.55. The molecule has 2 rings (SSSR count).